The maximum absolute atomic E-state index is 5.99. The van der Waals surface area contributed by atoms with Gasteiger partial charge in [0.05, 0.1) is 17.6 Å². The fraction of sp³-hybridized carbons (Fsp3) is 0.0769. The van der Waals surface area contributed by atoms with E-state index in [0.717, 1.165) is 27.0 Å². The summed E-state index contributed by atoms with van der Waals surface area (Å²) in [5, 5.41) is 7.06. The molecule has 96 valence electrons. The smallest absolute Gasteiger partial charge is 0.153 e. The standard InChI is InChI=1S/C13H12BrN5/c1-19-6-10(16-7-19)12-11(13(15)18-17-12)8-4-2-3-5-9(8)14/h2-7H,1H3,(H3,15,17,18). The molecule has 3 aromatic rings. The second-order valence-electron chi connectivity index (χ2n) is 4.26. The van der Waals surface area contributed by atoms with Gasteiger partial charge in [0.1, 0.15) is 5.69 Å². The molecular formula is C13H12BrN5. The van der Waals surface area contributed by atoms with Crippen LogP contribution in [0.1, 0.15) is 0 Å². The van der Waals surface area contributed by atoms with Gasteiger partial charge in [-0.15, -0.1) is 0 Å². The van der Waals surface area contributed by atoms with E-state index in [-0.39, 0.29) is 0 Å². The van der Waals surface area contributed by atoms with Crippen molar-refractivity contribution in [3.63, 3.8) is 0 Å². The SMILES string of the molecule is Cn1cnc(-c2[nH]nc(N)c2-c2ccccc2Br)c1. The number of anilines is 1. The van der Waals surface area contributed by atoms with E-state index >= 15 is 0 Å². The Morgan fingerprint density at radius 2 is 2.11 bits per heavy atom. The van der Waals surface area contributed by atoms with Crippen LogP contribution < -0.4 is 5.73 Å². The summed E-state index contributed by atoms with van der Waals surface area (Å²) in [7, 11) is 1.92. The zero-order valence-corrected chi connectivity index (χ0v) is 11.8. The van der Waals surface area contributed by atoms with E-state index in [4.69, 9.17) is 5.73 Å². The normalized spacial score (nSPS) is 10.8. The van der Waals surface area contributed by atoms with Crippen molar-refractivity contribution in [2.45, 2.75) is 0 Å². The average Bonchev–Trinajstić information content (AvgIpc) is 2.96. The number of aryl methyl sites for hydroxylation is 1. The first-order chi connectivity index (χ1) is 9.16. The highest BCUT2D eigenvalue weighted by Gasteiger charge is 2.17. The number of nitrogen functional groups attached to an aromatic ring is 1. The summed E-state index contributed by atoms with van der Waals surface area (Å²) in [6.07, 6.45) is 3.67. The van der Waals surface area contributed by atoms with Gasteiger partial charge in [0.15, 0.2) is 5.82 Å². The van der Waals surface area contributed by atoms with Gasteiger partial charge in [-0.05, 0) is 6.07 Å². The molecule has 2 heterocycles. The Hall–Kier alpha value is -2.08. The molecule has 0 aliphatic rings. The van der Waals surface area contributed by atoms with Crippen molar-refractivity contribution in [3.05, 3.63) is 41.3 Å². The lowest BCUT2D eigenvalue weighted by Crippen LogP contribution is -1.89. The molecule has 0 aliphatic heterocycles. The van der Waals surface area contributed by atoms with Gasteiger partial charge < -0.3 is 10.3 Å². The van der Waals surface area contributed by atoms with Crippen LogP contribution >= 0.6 is 15.9 Å². The maximum Gasteiger partial charge on any atom is 0.153 e. The van der Waals surface area contributed by atoms with E-state index in [1.54, 1.807) is 6.33 Å². The molecule has 1 aromatic carbocycles. The van der Waals surface area contributed by atoms with Gasteiger partial charge in [-0.3, -0.25) is 5.10 Å². The molecule has 0 aliphatic carbocycles. The third-order valence-electron chi connectivity index (χ3n) is 2.90. The number of hydrogen-bond donors (Lipinski definition) is 2. The van der Waals surface area contributed by atoms with Crippen molar-refractivity contribution in [3.8, 4) is 22.5 Å². The molecule has 0 spiro atoms. The fourth-order valence-electron chi connectivity index (χ4n) is 2.02. The molecule has 0 saturated carbocycles. The zero-order chi connectivity index (χ0) is 13.4. The highest BCUT2D eigenvalue weighted by Crippen LogP contribution is 2.37. The van der Waals surface area contributed by atoms with Crippen molar-refractivity contribution in [2.24, 2.45) is 7.05 Å². The molecular weight excluding hydrogens is 306 g/mol. The minimum atomic E-state index is 0.465. The first kappa shape index (κ1) is 12.0. The van der Waals surface area contributed by atoms with Crippen molar-refractivity contribution < 1.29 is 0 Å². The van der Waals surface area contributed by atoms with Crippen molar-refractivity contribution >= 4 is 21.7 Å². The van der Waals surface area contributed by atoms with Gasteiger partial charge in [-0.1, -0.05) is 34.1 Å². The first-order valence-electron chi connectivity index (χ1n) is 5.74. The van der Waals surface area contributed by atoms with E-state index in [2.05, 4.69) is 31.1 Å². The lowest BCUT2D eigenvalue weighted by molar-refractivity contribution is 0.913. The topological polar surface area (TPSA) is 72.5 Å². The number of imidazole rings is 1. The minimum Gasteiger partial charge on any atom is -0.382 e. The maximum atomic E-state index is 5.99. The van der Waals surface area contributed by atoms with Crippen molar-refractivity contribution in [1.29, 1.82) is 0 Å². The zero-order valence-electron chi connectivity index (χ0n) is 10.3. The lowest BCUT2D eigenvalue weighted by atomic mass is 10.0. The van der Waals surface area contributed by atoms with Crippen LogP contribution in [0, 0.1) is 0 Å². The van der Waals surface area contributed by atoms with Gasteiger partial charge in [-0.25, -0.2) is 4.98 Å². The number of hydrogen-bond acceptors (Lipinski definition) is 3. The monoisotopic (exact) mass is 317 g/mol. The van der Waals surface area contributed by atoms with Crippen LogP contribution in [-0.4, -0.2) is 19.7 Å². The van der Waals surface area contributed by atoms with E-state index in [9.17, 15) is 0 Å². The van der Waals surface area contributed by atoms with Crippen LogP contribution in [0.3, 0.4) is 0 Å². The number of halogens is 1. The number of nitrogens with one attached hydrogen (secondary N) is 1. The van der Waals surface area contributed by atoms with Gasteiger partial charge in [0.2, 0.25) is 0 Å². The van der Waals surface area contributed by atoms with Crippen LogP contribution in [0.2, 0.25) is 0 Å². The minimum absolute atomic E-state index is 0.465. The number of rotatable bonds is 2. The molecule has 0 unspecified atom stereocenters. The van der Waals surface area contributed by atoms with Crippen LogP contribution in [0.25, 0.3) is 22.5 Å². The Bertz CT molecular complexity index is 728. The fourth-order valence-corrected chi connectivity index (χ4v) is 2.50. The molecule has 0 bridgehead atoms. The predicted octanol–water partition coefficient (Wildman–Crippen LogP) is 2.82. The summed E-state index contributed by atoms with van der Waals surface area (Å²) < 4.78 is 2.86. The number of benzene rings is 1. The Balaban J connectivity index is 2.22. The summed E-state index contributed by atoms with van der Waals surface area (Å²) in [6.45, 7) is 0. The molecule has 3 N–H and O–H groups in total. The van der Waals surface area contributed by atoms with Crippen LogP contribution in [0.5, 0.6) is 0 Å². The molecule has 6 heteroatoms. The summed E-state index contributed by atoms with van der Waals surface area (Å²) >= 11 is 3.54. The summed E-state index contributed by atoms with van der Waals surface area (Å²) in [5.41, 5.74) is 9.49. The highest BCUT2D eigenvalue weighted by molar-refractivity contribution is 9.10. The number of aromatic nitrogens is 4. The number of nitrogens with zero attached hydrogens (tertiary/aromatic N) is 3. The predicted molar refractivity (Wildman–Crippen MR) is 78.3 cm³/mol. The van der Waals surface area contributed by atoms with Gasteiger partial charge in [0.25, 0.3) is 0 Å². The average molecular weight is 318 g/mol. The third kappa shape index (κ3) is 2.04. The number of nitrogens with two attached hydrogens (primary N) is 1. The highest BCUT2D eigenvalue weighted by atomic mass is 79.9. The molecule has 2 aromatic heterocycles. The van der Waals surface area contributed by atoms with Crippen molar-refractivity contribution in [1.82, 2.24) is 19.7 Å². The lowest BCUT2D eigenvalue weighted by Gasteiger charge is -2.05. The Morgan fingerprint density at radius 1 is 1.32 bits per heavy atom. The second kappa shape index (κ2) is 4.55. The molecule has 3 rings (SSSR count). The van der Waals surface area contributed by atoms with E-state index in [1.165, 1.54) is 0 Å². The van der Waals surface area contributed by atoms with Crippen molar-refractivity contribution in [2.75, 3.05) is 5.73 Å². The summed E-state index contributed by atoms with van der Waals surface area (Å²) in [4.78, 5) is 4.34. The molecule has 0 saturated heterocycles. The molecule has 0 amide bonds. The number of aromatic amines is 1. The second-order valence-corrected chi connectivity index (χ2v) is 5.12. The molecule has 0 fully saturated rings. The summed E-state index contributed by atoms with van der Waals surface area (Å²) in [5.74, 6) is 0.465. The largest absolute Gasteiger partial charge is 0.382 e. The molecule has 0 atom stereocenters. The quantitative estimate of drug-likeness (QED) is 0.763. The van der Waals surface area contributed by atoms with Crippen LogP contribution in [0.4, 0.5) is 5.82 Å². The summed E-state index contributed by atoms with van der Waals surface area (Å²) in [6, 6.07) is 7.90. The van der Waals surface area contributed by atoms with E-state index in [1.807, 2.05) is 42.1 Å². The molecule has 0 radical (unpaired) electrons. The molecule has 5 nitrogen and oxygen atoms in total. The first-order valence-corrected chi connectivity index (χ1v) is 6.53. The van der Waals surface area contributed by atoms with E-state index < -0.39 is 0 Å². The third-order valence-corrected chi connectivity index (χ3v) is 3.59. The van der Waals surface area contributed by atoms with Gasteiger partial charge in [-0.2, -0.15) is 5.10 Å². The molecule has 19 heavy (non-hydrogen) atoms. The Kier molecular flexibility index (Phi) is 2.87. The van der Waals surface area contributed by atoms with E-state index in [0.29, 0.717) is 5.82 Å². The number of H-pyrrole nitrogens is 1. The van der Waals surface area contributed by atoms with Crippen LogP contribution in [-0.2, 0) is 7.05 Å². The Labute approximate surface area is 118 Å². The Morgan fingerprint density at radius 3 is 2.79 bits per heavy atom. The van der Waals surface area contributed by atoms with Crippen LogP contribution in [0.15, 0.2) is 41.3 Å². The van der Waals surface area contributed by atoms with Gasteiger partial charge in [0, 0.05) is 23.3 Å². The van der Waals surface area contributed by atoms with Gasteiger partial charge >= 0.3 is 0 Å².